The molecular weight excluding hydrogens is 182 g/mol. The second-order valence-corrected chi connectivity index (χ2v) is 4.93. The zero-order valence-corrected chi connectivity index (χ0v) is 10.3. The van der Waals surface area contributed by atoms with Gasteiger partial charge in [0.25, 0.3) is 0 Å². The molecule has 0 aromatic heterocycles. The van der Waals surface area contributed by atoms with Gasteiger partial charge in [-0.1, -0.05) is 25.3 Å². The van der Waals surface area contributed by atoms with E-state index in [0.29, 0.717) is 0 Å². The highest BCUT2D eigenvalue weighted by Crippen LogP contribution is 2.27. The monoisotopic (exact) mass is 209 g/mol. The lowest BCUT2D eigenvalue weighted by atomic mass is 10.00. The van der Waals surface area contributed by atoms with E-state index in [-0.39, 0.29) is 0 Å². The summed E-state index contributed by atoms with van der Waals surface area (Å²) in [5, 5.41) is 3.68. The summed E-state index contributed by atoms with van der Waals surface area (Å²) in [7, 11) is 0. The molecule has 0 aromatic carbocycles. The van der Waals surface area contributed by atoms with Gasteiger partial charge in [0.05, 0.1) is 0 Å². The molecule has 0 amide bonds. The van der Waals surface area contributed by atoms with Crippen LogP contribution in [0.3, 0.4) is 0 Å². The van der Waals surface area contributed by atoms with Crippen molar-refractivity contribution in [3.05, 3.63) is 12.7 Å². The Morgan fingerprint density at radius 1 is 1.27 bits per heavy atom. The van der Waals surface area contributed by atoms with Gasteiger partial charge in [-0.15, -0.1) is 6.58 Å². The number of rotatable bonds is 8. The number of unbranched alkanes of at least 4 members (excludes halogenated alkanes) is 3. The standard InChI is InChI=1S/C14H27N/c1-3-4-5-6-9-12-15-13(2)14-10-7-8-11-14/h3,13-15H,1,4-12H2,2H3. The van der Waals surface area contributed by atoms with Crippen LogP contribution >= 0.6 is 0 Å². The third-order valence-electron chi connectivity index (χ3n) is 3.66. The van der Waals surface area contributed by atoms with E-state index in [9.17, 15) is 0 Å². The van der Waals surface area contributed by atoms with E-state index in [1.165, 1.54) is 57.9 Å². The van der Waals surface area contributed by atoms with Crippen molar-refractivity contribution < 1.29 is 0 Å². The van der Waals surface area contributed by atoms with E-state index in [1.807, 2.05) is 6.08 Å². The maximum Gasteiger partial charge on any atom is 0.00669 e. The Labute approximate surface area is 95.3 Å². The van der Waals surface area contributed by atoms with Crippen LogP contribution in [0.15, 0.2) is 12.7 Å². The van der Waals surface area contributed by atoms with Gasteiger partial charge in [-0.25, -0.2) is 0 Å². The summed E-state index contributed by atoms with van der Waals surface area (Å²) in [6.07, 6.45) is 13.0. The van der Waals surface area contributed by atoms with Gasteiger partial charge in [-0.3, -0.25) is 0 Å². The van der Waals surface area contributed by atoms with Gasteiger partial charge in [0, 0.05) is 6.04 Å². The fraction of sp³-hybridized carbons (Fsp3) is 0.857. The van der Waals surface area contributed by atoms with Gasteiger partial charge >= 0.3 is 0 Å². The van der Waals surface area contributed by atoms with Crippen LogP contribution in [0.5, 0.6) is 0 Å². The Morgan fingerprint density at radius 3 is 2.67 bits per heavy atom. The van der Waals surface area contributed by atoms with E-state index in [1.54, 1.807) is 0 Å². The smallest absolute Gasteiger partial charge is 0.00669 e. The summed E-state index contributed by atoms with van der Waals surface area (Å²) in [6, 6.07) is 0.743. The minimum Gasteiger partial charge on any atom is -0.314 e. The second kappa shape index (κ2) is 7.92. The van der Waals surface area contributed by atoms with Crippen molar-refractivity contribution in [3.8, 4) is 0 Å². The van der Waals surface area contributed by atoms with Gasteiger partial charge in [-0.2, -0.15) is 0 Å². The molecule has 1 atom stereocenters. The average Bonchev–Trinajstić information content (AvgIpc) is 2.76. The number of allylic oxidation sites excluding steroid dienone is 1. The predicted molar refractivity (Wildman–Crippen MR) is 68.1 cm³/mol. The second-order valence-electron chi connectivity index (χ2n) is 4.93. The lowest BCUT2D eigenvalue weighted by Crippen LogP contribution is -2.32. The maximum atomic E-state index is 3.74. The lowest BCUT2D eigenvalue weighted by molar-refractivity contribution is 0.378. The van der Waals surface area contributed by atoms with Gasteiger partial charge in [0.2, 0.25) is 0 Å². The zero-order chi connectivity index (χ0) is 10.9. The first kappa shape index (κ1) is 12.8. The van der Waals surface area contributed by atoms with Crippen molar-refractivity contribution >= 4 is 0 Å². The number of hydrogen-bond acceptors (Lipinski definition) is 1. The first-order valence-electron chi connectivity index (χ1n) is 6.69. The molecule has 1 N–H and O–H groups in total. The molecule has 88 valence electrons. The summed E-state index contributed by atoms with van der Waals surface area (Å²) < 4.78 is 0. The van der Waals surface area contributed by atoms with Crippen molar-refractivity contribution in [1.82, 2.24) is 5.32 Å². The van der Waals surface area contributed by atoms with E-state index in [0.717, 1.165) is 12.0 Å². The van der Waals surface area contributed by atoms with Gasteiger partial charge in [0.15, 0.2) is 0 Å². The van der Waals surface area contributed by atoms with E-state index < -0.39 is 0 Å². The van der Waals surface area contributed by atoms with E-state index in [4.69, 9.17) is 0 Å². The van der Waals surface area contributed by atoms with Crippen LogP contribution in [-0.4, -0.2) is 12.6 Å². The SMILES string of the molecule is C=CCCCCCNC(C)C1CCCC1. The molecule has 0 aliphatic heterocycles. The zero-order valence-electron chi connectivity index (χ0n) is 10.3. The van der Waals surface area contributed by atoms with Crippen molar-refractivity contribution in [2.45, 2.75) is 64.3 Å². The lowest BCUT2D eigenvalue weighted by Gasteiger charge is -2.20. The Balaban J connectivity index is 1.92. The minimum atomic E-state index is 0.743. The fourth-order valence-electron chi connectivity index (χ4n) is 2.54. The topological polar surface area (TPSA) is 12.0 Å². The molecule has 1 heteroatoms. The number of hydrogen-bond donors (Lipinski definition) is 1. The van der Waals surface area contributed by atoms with Crippen molar-refractivity contribution in [3.63, 3.8) is 0 Å². The quantitative estimate of drug-likeness (QED) is 0.472. The van der Waals surface area contributed by atoms with Crippen LogP contribution in [-0.2, 0) is 0 Å². The Bertz CT molecular complexity index is 159. The average molecular weight is 209 g/mol. The van der Waals surface area contributed by atoms with Gasteiger partial charge in [-0.05, 0) is 51.5 Å². The van der Waals surface area contributed by atoms with Crippen LogP contribution in [0.4, 0.5) is 0 Å². The molecule has 15 heavy (non-hydrogen) atoms. The maximum absolute atomic E-state index is 3.74. The van der Waals surface area contributed by atoms with Gasteiger partial charge < -0.3 is 5.32 Å². The molecule has 0 bridgehead atoms. The van der Waals surface area contributed by atoms with Crippen molar-refractivity contribution in [2.24, 2.45) is 5.92 Å². The molecule has 1 rings (SSSR count). The predicted octanol–water partition coefficient (Wildman–Crippen LogP) is 3.90. The molecule has 0 saturated heterocycles. The summed E-state index contributed by atoms with van der Waals surface area (Å²) in [4.78, 5) is 0. The highest BCUT2D eigenvalue weighted by atomic mass is 14.9. The van der Waals surface area contributed by atoms with E-state index in [2.05, 4.69) is 18.8 Å². The highest BCUT2D eigenvalue weighted by Gasteiger charge is 2.20. The van der Waals surface area contributed by atoms with Crippen molar-refractivity contribution in [2.75, 3.05) is 6.54 Å². The molecule has 0 spiro atoms. The first-order chi connectivity index (χ1) is 7.34. The Hall–Kier alpha value is -0.300. The fourth-order valence-corrected chi connectivity index (χ4v) is 2.54. The largest absolute Gasteiger partial charge is 0.314 e. The normalized spacial score (nSPS) is 19.3. The highest BCUT2D eigenvalue weighted by molar-refractivity contribution is 4.77. The number of nitrogens with one attached hydrogen (secondary N) is 1. The van der Waals surface area contributed by atoms with Crippen LogP contribution in [0.1, 0.15) is 58.3 Å². The molecule has 1 nitrogen and oxygen atoms in total. The van der Waals surface area contributed by atoms with Gasteiger partial charge in [0.1, 0.15) is 0 Å². The summed E-state index contributed by atoms with van der Waals surface area (Å²) >= 11 is 0. The minimum absolute atomic E-state index is 0.743. The van der Waals surface area contributed by atoms with Crippen molar-refractivity contribution in [1.29, 1.82) is 0 Å². The molecule has 1 aliphatic carbocycles. The first-order valence-corrected chi connectivity index (χ1v) is 6.69. The van der Waals surface area contributed by atoms with Crippen LogP contribution < -0.4 is 5.32 Å². The van der Waals surface area contributed by atoms with Crippen LogP contribution in [0.2, 0.25) is 0 Å². The van der Waals surface area contributed by atoms with Crippen LogP contribution in [0.25, 0.3) is 0 Å². The summed E-state index contributed by atoms with van der Waals surface area (Å²) in [6.45, 7) is 7.31. The molecule has 0 radical (unpaired) electrons. The Morgan fingerprint density at radius 2 is 2.00 bits per heavy atom. The third-order valence-corrected chi connectivity index (χ3v) is 3.66. The molecule has 1 aliphatic rings. The molecule has 1 unspecified atom stereocenters. The molecule has 0 heterocycles. The third kappa shape index (κ3) is 5.36. The molecule has 0 aromatic rings. The van der Waals surface area contributed by atoms with Crippen LogP contribution in [0, 0.1) is 5.92 Å². The summed E-state index contributed by atoms with van der Waals surface area (Å²) in [5.41, 5.74) is 0. The molecule has 1 fully saturated rings. The van der Waals surface area contributed by atoms with E-state index >= 15 is 0 Å². The Kier molecular flexibility index (Phi) is 6.74. The molecule has 1 saturated carbocycles. The molecular formula is C14H27N. The summed E-state index contributed by atoms with van der Waals surface area (Å²) in [5.74, 6) is 0.957.